The van der Waals surface area contributed by atoms with Crippen LogP contribution < -0.4 is 20.5 Å². The molecular formula is C14H22N2O2. The van der Waals surface area contributed by atoms with Gasteiger partial charge in [0.25, 0.3) is 0 Å². The smallest absolute Gasteiger partial charge is 0.122 e. The van der Waals surface area contributed by atoms with Crippen LogP contribution >= 0.6 is 0 Å². The first-order valence-corrected chi connectivity index (χ1v) is 6.39. The Kier molecular flexibility index (Phi) is 4.09. The van der Waals surface area contributed by atoms with E-state index in [4.69, 9.17) is 15.2 Å². The van der Waals surface area contributed by atoms with Gasteiger partial charge in [-0.25, -0.2) is 0 Å². The summed E-state index contributed by atoms with van der Waals surface area (Å²) in [6.07, 6.45) is 2.07. The Morgan fingerprint density at radius 3 is 2.50 bits per heavy atom. The summed E-state index contributed by atoms with van der Waals surface area (Å²) >= 11 is 0. The van der Waals surface area contributed by atoms with Crippen molar-refractivity contribution in [2.45, 2.75) is 18.3 Å². The van der Waals surface area contributed by atoms with E-state index in [1.807, 2.05) is 12.1 Å². The highest BCUT2D eigenvalue weighted by Crippen LogP contribution is 2.39. The largest absolute Gasteiger partial charge is 0.497 e. The maximum Gasteiger partial charge on any atom is 0.122 e. The average molecular weight is 250 g/mol. The monoisotopic (exact) mass is 250 g/mol. The van der Waals surface area contributed by atoms with E-state index in [1.165, 1.54) is 5.56 Å². The molecular weight excluding hydrogens is 228 g/mol. The van der Waals surface area contributed by atoms with E-state index in [-0.39, 0.29) is 5.41 Å². The number of benzene rings is 1. The zero-order chi connectivity index (χ0) is 13.0. The van der Waals surface area contributed by atoms with Crippen molar-refractivity contribution in [2.75, 3.05) is 33.9 Å². The van der Waals surface area contributed by atoms with Gasteiger partial charge >= 0.3 is 0 Å². The molecule has 2 rings (SSSR count). The van der Waals surface area contributed by atoms with E-state index in [0.29, 0.717) is 6.54 Å². The Labute approximate surface area is 108 Å². The van der Waals surface area contributed by atoms with Gasteiger partial charge in [-0.1, -0.05) is 0 Å². The van der Waals surface area contributed by atoms with Crippen LogP contribution in [0.1, 0.15) is 18.4 Å². The molecule has 4 nitrogen and oxygen atoms in total. The van der Waals surface area contributed by atoms with Crippen LogP contribution in [-0.4, -0.2) is 33.9 Å². The van der Waals surface area contributed by atoms with Crippen molar-refractivity contribution in [3.05, 3.63) is 23.8 Å². The Morgan fingerprint density at radius 2 is 1.94 bits per heavy atom. The van der Waals surface area contributed by atoms with Crippen molar-refractivity contribution in [1.29, 1.82) is 0 Å². The van der Waals surface area contributed by atoms with Crippen molar-refractivity contribution >= 4 is 0 Å². The van der Waals surface area contributed by atoms with Gasteiger partial charge in [0.05, 0.1) is 14.2 Å². The number of methoxy groups -OCH3 is 2. The third-order valence-corrected chi connectivity index (χ3v) is 3.93. The van der Waals surface area contributed by atoms with Crippen LogP contribution in [-0.2, 0) is 5.41 Å². The van der Waals surface area contributed by atoms with Gasteiger partial charge in [-0.3, -0.25) is 0 Å². The van der Waals surface area contributed by atoms with E-state index in [9.17, 15) is 0 Å². The van der Waals surface area contributed by atoms with Crippen molar-refractivity contribution in [2.24, 2.45) is 5.73 Å². The SMILES string of the molecule is COc1ccc(OC)c(C2(CN)CCNCC2)c1. The van der Waals surface area contributed by atoms with Crippen LogP contribution in [0.2, 0.25) is 0 Å². The number of nitrogens with two attached hydrogens (primary N) is 1. The molecule has 0 saturated carbocycles. The summed E-state index contributed by atoms with van der Waals surface area (Å²) in [7, 11) is 3.39. The van der Waals surface area contributed by atoms with Crippen molar-refractivity contribution in [1.82, 2.24) is 5.32 Å². The van der Waals surface area contributed by atoms with Gasteiger partial charge in [0, 0.05) is 17.5 Å². The summed E-state index contributed by atoms with van der Waals surface area (Å²) in [5.41, 5.74) is 7.24. The lowest BCUT2D eigenvalue weighted by molar-refractivity contribution is 0.298. The molecule has 0 aliphatic carbocycles. The van der Waals surface area contributed by atoms with Gasteiger partial charge < -0.3 is 20.5 Å². The second-order valence-electron chi connectivity index (χ2n) is 4.80. The minimum absolute atomic E-state index is 0.00509. The van der Waals surface area contributed by atoms with Gasteiger partial charge in [-0.2, -0.15) is 0 Å². The highest BCUT2D eigenvalue weighted by atomic mass is 16.5. The minimum atomic E-state index is 0.00509. The molecule has 1 saturated heterocycles. The maximum absolute atomic E-state index is 6.06. The molecule has 0 radical (unpaired) electrons. The highest BCUT2D eigenvalue weighted by Gasteiger charge is 2.35. The van der Waals surface area contributed by atoms with Gasteiger partial charge in [-0.15, -0.1) is 0 Å². The first-order valence-electron chi connectivity index (χ1n) is 6.39. The van der Waals surface area contributed by atoms with E-state index in [0.717, 1.165) is 37.4 Å². The molecule has 1 heterocycles. The number of piperidine rings is 1. The first-order chi connectivity index (χ1) is 8.75. The molecule has 3 N–H and O–H groups in total. The Morgan fingerprint density at radius 1 is 1.22 bits per heavy atom. The third kappa shape index (κ3) is 2.31. The second kappa shape index (κ2) is 5.59. The van der Waals surface area contributed by atoms with Crippen molar-refractivity contribution < 1.29 is 9.47 Å². The highest BCUT2D eigenvalue weighted by molar-refractivity contribution is 5.45. The standard InChI is InChI=1S/C14H22N2O2/c1-17-11-3-4-13(18-2)12(9-11)14(10-15)5-7-16-8-6-14/h3-4,9,16H,5-8,10,15H2,1-2H3. The molecule has 1 aromatic rings. The second-order valence-corrected chi connectivity index (χ2v) is 4.80. The minimum Gasteiger partial charge on any atom is -0.497 e. The average Bonchev–Trinajstić information content (AvgIpc) is 2.47. The third-order valence-electron chi connectivity index (χ3n) is 3.93. The van der Waals surface area contributed by atoms with Crippen LogP contribution in [0.5, 0.6) is 11.5 Å². The van der Waals surface area contributed by atoms with Crippen LogP contribution in [0.3, 0.4) is 0 Å². The Bertz CT molecular complexity index is 401. The van der Waals surface area contributed by atoms with Crippen molar-refractivity contribution in [3.63, 3.8) is 0 Å². The van der Waals surface area contributed by atoms with Gasteiger partial charge in [0.15, 0.2) is 0 Å². The lowest BCUT2D eigenvalue weighted by Crippen LogP contribution is -2.45. The molecule has 0 unspecified atom stereocenters. The number of nitrogens with one attached hydrogen (secondary N) is 1. The normalized spacial score (nSPS) is 18.4. The Balaban J connectivity index is 2.44. The lowest BCUT2D eigenvalue weighted by Gasteiger charge is -2.38. The van der Waals surface area contributed by atoms with Crippen LogP contribution in [0, 0.1) is 0 Å². The molecule has 1 fully saturated rings. The zero-order valence-corrected chi connectivity index (χ0v) is 11.2. The van der Waals surface area contributed by atoms with Crippen LogP contribution in [0.15, 0.2) is 18.2 Å². The summed E-state index contributed by atoms with van der Waals surface area (Å²) in [6, 6.07) is 5.96. The molecule has 0 aromatic heterocycles. The molecule has 0 atom stereocenters. The first kappa shape index (κ1) is 13.2. The molecule has 1 aromatic carbocycles. The van der Waals surface area contributed by atoms with Crippen LogP contribution in [0.25, 0.3) is 0 Å². The molecule has 1 aliphatic rings. The molecule has 1 aliphatic heterocycles. The summed E-state index contributed by atoms with van der Waals surface area (Å²) < 4.78 is 10.8. The fraction of sp³-hybridized carbons (Fsp3) is 0.571. The summed E-state index contributed by atoms with van der Waals surface area (Å²) in [5, 5.41) is 3.38. The van der Waals surface area contributed by atoms with E-state index >= 15 is 0 Å². The zero-order valence-electron chi connectivity index (χ0n) is 11.2. The van der Waals surface area contributed by atoms with Crippen LogP contribution in [0.4, 0.5) is 0 Å². The van der Waals surface area contributed by atoms with E-state index < -0.39 is 0 Å². The predicted octanol–water partition coefficient (Wildman–Crippen LogP) is 1.28. The topological polar surface area (TPSA) is 56.5 Å². The summed E-state index contributed by atoms with van der Waals surface area (Å²) in [6.45, 7) is 2.63. The van der Waals surface area contributed by atoms with E-state index in [2.05, 4.69) is 11.4 Å². The fourth-order valence-electron chi connectivity index (χ4n) is 2.72. The molecule has 18 heavy (non-hydrogen) atoms. The summed E-state index contributed by atoms with van der Waals surface area (Å²) in [5.74, 6) is 1.76. The molecule has 0 spiro atoms. The molecule has 0 bridgehead atoms. The number of hydrogen-bond donors (Lipinski definition) is 2. The quantitative estimate of drug-likeness (QED) is 0.845. The molecule has 4 heteroatoms. The lowest BCUT2D eigenvalue weighted by atomic mass is 9.73. The summed E-state index contributed by atoms with van der Waals surface area (Å²) in [4.78, 5) is 0. The molecule has 100 valence electrons. The fourth-order valence-corrected chi connectivity index (χ4v) is 2.72. The van der Waals surface area contributed by atoms with Gasteiger partial charge in [0.1, 0.15) is 11.5 Å². The molecule has 0 amide bonds. The van der Waals surface area contributed by atoms with Gasteiger partial charge in [0.2, 0.25) is 0 Å². The number of hydrogen-bond acceptors (Lipinski definition) is 4. The maximum atomic E-state index is 6.06. The van der Waals surface area contributed by atoms with E-state index in [1.54, 1.807) is 14.2 Å². The van der Waals surface area contributed by atoms with Gasteiger partial charge in [-0.05, 0) is 44.1 Å². The number of rotatable bonds is 4. The van der Waals surface area contributed by atoms with Crippen molar-refractivity contribution in [3.8, 4) is 11.5 Å². The number of ether oxygens (including phenoxy) is 2. The predicted molar refractivity (Wildman–Crippen MR) is 72.4 cm³/mol. The Hall–Kier alpha value is -1.26.